The molecule has 1 aromatic rings. The van der Waals surface area contributed by atoms with Gasteiger partial charge in [0.1, 0.15) is 0 Å². The number of hydrogen-bond acceptors (Lipinski definition) is 3. The highest BCUT2D eigenvalue weighted by atomic mass is 35.5. The Morgan fingerprint density at radius 1 is 1.23 bits per heavy atom. The van der Waals surface area contributed by atoms with Crippen molar-refractivity contribution in [2.24, 2.45) is 5.16 Å². The van der Waals surface area contributed by atoms with Crippen molar-refractivity contribution in [3.8, 4) is 0 Å². The molecule has 0 saturated carbocycles. The Morgan fingerprint density at radius 3 is 2.15 bits per heavy atom. The fourth-order valence-corrected chi connectivity index (χ4v) is 0.925. The smallest absolute Gasteiger partial charge is 0.0733 e. The van der Waals surface area contributed by atoms with Crippen LogP contribution in [0, 0.1) is 0 Å². The first-order chi connectivity index (χ1) is 5.74. The third-order valence-corrected chi connectivity index (χ3v) is 1.62. The minimum atomic E-state index is 0. The Bertz CT molecular complexity index is 269. The minimum absolute atomic E-state index is 0. The summed E-state index contributed by atoms with van der Waals surface area (Å²) in [5, 5.41) is 11.2. The normalized spacial score (nSPS) is 9.69. The molecule has 0 radical (unpaired) electrons. The van der Waals surface area contributed by atoms with Gasteiger partial charge in [0, 0.05) is 19.8 Å². The van der Waals surface area contributed by atoms with Gasteiger partial charge < -0.3 is 10.1 Å². The number of benzene rings is 1. The molecule has 1 aromatic carbocycles. The van der Waals surface area contributed by atoms with Gasteiger partial charge in [-0.15, -0.1) is 12.4 Å². The molecule has 0 amide bonds. The highest BCUT2D eigenvalue weighted by Gasteiger charge is 1.93. The van der Waals surface area contributed by atoms with Crippen LogP contribution in [0.3, 0.4) is 0 Å². The predicted molar refractivity (Wildman–Crippen MR) is 57.4 cm³/mol. The topological polar surface area (TPSA) is 35.8 Å². The summed E-state index contributed by atoms with van der Waals surface area (Å²) in [6.45, 7) is 0. The fourth-order valence-electron chi connectivity index (χ4n) is 0.925. The van der Waals surface area contributed by atoms with Gasteiger partial charge in [-0.1, -0.05) is 17.3 Å². The summed E-state index contributed by atoms with van der Waals surface area (Å²) in [4.78, 5) is 2.01. The molecule has 0 atom stereocenters. The maximum atomic E-state index is 8.26. The molecular formula is C9H13ClN2O. The van der Waals surface area contributed by atoms with Crippen LogP contribution >= 0.6 is 12.4 Å². The Hall–Kier alpha value is -1.22. The second-order valence-corrected chi connectivity index (χ2v) is 2.73. The molecule has 0 heterocycles. The molecule has 0 fully saturated rings. The first kappa shape index (κ1) is 11.8. The van der Waals surface area contributed by atoms with Crippen LogP contribution in [0.5, 0.6) is 0 Å². The van der Waals surface area contributed by atoms with Crippen LogP contribution in [-0.4, -0.2) is 25.5 Å². The number of anilines is 1. The third-order valence-electron chi connectivity index (χ3n) is 1.62. The van der Waals surface area contributed by atoms with E-state index in [9.17, 15) is 0 Å². The van der Waals surface area contributed by atoms with Gasteiger partial charge in [0.15, 0.2) is 0 Å². The number of rotatable bonds is 2. The van der Waals surface area contributed by atoms with Crippen LogP contribution in [0.25, 0.3) is 0 Å². The monoisotopic (exact) mass is 200 g/mol. The van der Waals surface area contributed by atoms with Crippen molar-refractivity contribution in [1.29, 1.82) is 0 Å². The molecule has 4 heteroatoms. The summed E-state index contributed by atoms with van der Waals surface area (Å²) in [7, 11) is 3.96. The summed E-state index contributed by atoms with van der Waals surface area (Å²) >= 11 is 0. The van der Waals surface area contributed by atoms with E-state index in [4.69, 9.17) is 5.21 Å². The highest BCUT2D eigenvalue weighted by Crippen LogP contribution is 2.10. The van der Waals surface area contributed by atoms with Gasteiger partial charge in [-0.25, -0.2) is 0 Å². The summed E-state index contributed by atoms with van der Waals surface area (Å²) < 4.78 is 0. The zero-order valence-corrected chi connectivity index (χ0v) is 8.45. The lowest BCUT2D eigenvalue weighted by atomic mass is 10.2. The minimum Gasteiger partial charge on any atom is -0.411 e. The summed E-state index contributed by atoms with van der Waals surface area (Å²) in [5.74, 6) is 0. The van der Waals surface area contributed by atoms with Gasteiger partial charge in [-0.05, 0) is 17.7 Å². The Morgan fingerprint density at radius 2 is 1.77 bits per heavy atom. The van der Waals surface area contributed by atoms with Crippen LogP contribution in [0.2, 0.25) is 0 Å². The molecule has 0 aliphatic carbocycles. The van der Waals surface area contributed by atoms with E-state index in [1.165, 1.54) is 6.21 Å². The molecule has 72 valence electrons. The molecule has 0 unspecified atom stereocenters. The second-order valence-electron chi connectivity index (χ2n) is 2.73. The predicted octanol–water partition coefficient (Wildman–Crippen LogP) is 1.98. The molecule has 0 saturated heterocycles. The molecule has 1 N–H and O–H groups in total. The molecular weight excluding hydrogens is 188 g/mol. The summed E-state index contributed by atoms with van der Waals surface area (Å²) in [6, 6.07) is 7.73. The first-order valence-electron chi connectivity index (χ1n) is 3.69. The van der Waals surface area contributed by atoms with Crippen LogP contribution in [0.4, 0.5) is 5.69 Å². The van der Waals surface area contributed by atoms with Gasteiger partial charge in [0.25, 0.3) is 0 Å². The quantitative estimate of drug-likeness (QED) is 0.450. The van der Waals surface area contributed by atoms with Gasteiger partial charge in [-0.3, -0.25) is 0 Å². The third kappa shape index (κ3) is 3.34. The van der Waals surface area contributed by atoms with E-state index < -0.39 is 0 Å². The molecule has 0 aromatic heterocycles. The lowest BCUT2D eigenvalue weighted by Crippen LogP contribution is -2.08. The SMILES string of the molecule is CN(C)c1ccc(/C=N/O)cc1.Cl. The van der Waals surface area contributed by atoms with E-state index in [2.05, 4.69) is 5.16 Å². The van der Waals surface area contributed by atoms with Crippen molar-refractivity contribution in [3.63, 3.8) is 0 Å². The van der Waals surface area contributed by atoms with Crippen molar-refractivity contribution in [3.05, 3.63) is 29.8 Å². The van der Waals surface area contributed by atoms with Gasteiger partial charge in [0.2, 0.25) is 0 Å². The maximum absolute atomic E-state index is 8.26. The molecule has 0 spiro atoms. The molecule has 0 aliphatic heterocycles. The molecule has 0 bridgehead atoms. The van der Waals surface area contributed by atoms with Gasteiger partial charge in [-0.2, -0.15) is 0 Å². The van der Waals surface area contributed by atoms with Crippen LogP contribution in [0.15, 0.2) is 29.4 Å². The maximum Gasteiger partial charge on any atom is 0.0733 e. The second kappa shape index (κ2) is 5.43. The molecule has 0 aliphatic rings. The first-order valence-corrected chi connectivity index (χ1v) is 3.69. The fraction of sp³-hybridized carbons (Fsp3) is 0.222. The van der Waals surface area contributed by atoms with Crippen molar-refractivity contribution in [2.75, 3.05) is 19.0 Å². The van der Waals surface area contributed by atoms with Crippen molar-refractivity contribution in [1.82, 2.24) is 0 Å². The van der Waals surface area contributed by atoms with E-state index in [0.717, 1.165) is 11.3 Å². The molecule has 13 heavy (non-hydrogen) atoms. The Labute approximate surface area is 84.1 Å². The number of halogens is 1. The van der Waals surface area contributed by atoms with E-state index in [1.807, 2.05) is 43.3 Å². The van der Waals surface area contributed by atoms with Crippen molar-refractivity contribution in [2.45, 2.75) is 0 Å². The molecule has 1 rings (SSSR count). The zero-order valence-electron chi connectivity index (χ0n) is 7.64. The van der Waals surface area contributed by atoms with Crippen LogP contribution in [-0.2, 0) is 0 Å². The summed E-state index contributed by atoms with van der Waals surface area (Å²) in [6.07, 6.45) is 1.40. The average Bonchev–Trinajstić information content (AvgIpc) is 2.06. The highest BCUT2D eigenvalue weighted by molar-refractivity contribution is 5.85. The van der Waals surface area contributed by atoms with E-state index in [-0.39, 0.29) is 12.4 Å². The van der Waals surface area contributed by atoms with Crippen LogP contribution in [0.1, 0.15) is 5.56 Å². The van der Waals surface area contributed by atoms with Gasteiger partial charge in [0.05, 0.1) is 6.21 Å². The Kier molecular flexibility index (Phi) is 4.92. The number of nitrogens with zero attached hydrogens (tertiary/aromatic N) is 2. The van der Waals surface area contributed by atoms with Gasteiger partial charge >= 0.3 is 0 Å². The van der Waals surface area contributed by atoms with E-state index in [0.29, 0.717) is 0 Å². The van der Waals surface area contributed by atoms with E-state index in [1.54, 1.807) is 0 Å². The molecule has 3 nitrogen and oxygen atoms in total. The van der Waals surface area contributed by atoms with E-state index >= 15 is 0 Å². The Balaban J connectivity index is 0.00000144. The standard InChI is InChI=1S/C9H12N2O.ClH/c1-11(2)9-5-3-8(4-6-9)7-10-12;/h3-7,12H,1-2H3;1H/b10-7+;. The number of oxime groups is 1. The average molecular weight is 201 g/mol. The lowest BCUT2D eigenvalue weighted by Gasteiger charge is -2.11. The largest absolute Gasteiger partial charge is 0.411 e. The summed E-state index contributed by atoms with van der Waals surface area (Å²) in [5.41, 5.74) is 2.02. The number of hydrogen-bond donors (Lipinski definition) is 1. The van der Waals surface area contributed by atoms with Crippen molar-refractivity contribution < 1.29 is 5.21 Å². The lowest BCUT2D eigenvalue weighted by molar-refractivity contribution is 0.322. The van der Waals surface area contributed by atoms with Crippen molar-refractivity contribution >= 4 is 24.3 Å². The zero-order chi connectivity index (χ0) is 8.97. The van der Waals surface area contributed by atoms with Crippen LogP contribution < -0.4 is 4.90 Å².